The number of aryl methyl sites for hydroxylation is 1. The Bertz CT molecular complexity index is 319. The minimum absolute atomic E-state index is 0.835. The van der Waals surface area contributed by atoms with Gasteiger partial charge in [0.2, 0.25) is 0 Å². The Labute approximate surface area is 99.3 Å². The van der Waals surface area contributed by atoms with E-state index < -0.39 is 0 Å². The van der Waals surface area contributed by atoms with Crippen LogP contribution in [0.5, 0.6) is 0 Å². The average molecular weight is 217 g/mol. The summed E-state index contributed by atoms with van der Waals surface area (Å²) in [6.45, 7) is 1.16. The fourth-order valence-electron chi connectivity index (χ4n) is 2.85. The van der Waals surface area contributed by atoms with Gasteiger partial charge in [0, 0.05) is 0 Å². The van der Waals surface area contributed by atoms with E-state index in [1.54, 1.807) is 11.1 Å². The molecule has 0 radical (unpaired) electrons. The van der Waals surface area contributed by atoms with Crippen LogP contribution < -0.4 is 5.32 Å². The quantitative estimate of drug-likeness (QED) is 0.744. The second kappa shape index (κ2) is 6.05. The Morgan fingerprint density at radius 3 is 3.00 bits per heavy atom. The average Bonchev–Trinajstić information content (AvgIpc) is 2.35. The Hall–Kier alpha value is -0.820. The molecule has 0 saturated heterocycles. The molecule has 1 aromatic rings. The van der Waals surface area contributed by atoms with Crippen molar-refractivity contribution in [1.82, 2.24) is 5.32 Å². The van der Waals surface area contributed by atoms with E-state index in [0.29, 0.717) is 0 Å². The molecule has 0 saturated carbocycles. The molecule has 1 nitrogen and oxygen atoms in total. The fraction of sp³-hybridized carbons (Fsp3) is 0.600. The normalized spacial score (nSPS) is 19.4. The molecule has 0 bridgehead atoms. The summed E-state index contributed by atoms with van der Waals surface area (Å²) in [5.41, 5.74) is 3.24. The predicted molar refractivity (Wildman–Crippen MR) is 69.9 cm³/mol. The third-order valence-corrected chi connectivity index (χ3v) is 3.72. The highest BCUT2D eigenvalue weighted by Gasteiger charge is 2.18. The van der Waals surface area contributed by atoms with Gasteiger partial charge in [-0.25, -0.2) is 0 Å². The SMILES string of the molecule is CNCCCCC1CCCc2ccccc21. The Morgan fingerprint density at radius 1 is 1.25 bits per heavy atom. The minimum Gasteiger partial charge on any atom is -0.320 e. The van der Waals surface area contributed by atoms with Crippen LogP contribution in [0.2, 0.25) is 0 Å². The van der Waals surface area contributed by atoms with E-state index >= 15 is 0 Å². The van der Waals surface area contributed by atoms with Crippen LogP contribution in [0.4, 0.5) is 0 Å². The van der Waals surface area contributed by atoms with E-state index in [1.807, 2.05) is 7.05 Å². The number of hydrogen-bond acceptors (Lipinski definition) is 1. The van der Waals surface area contributed by atoms with Crippen molar-refractivity contribution in [3.8, 4) is 0 Å². The van der Waals surface area contributed by atoms with Crippen LogP contribution >= 0.6 is 0 Å². The maximum atomic E-state index is 3.22. The van der Waals surface area contributed by atoms with Crippen molar-refractivity contribution in [2.45, 2.75) is 44.4 Å². The van der Waals surface area contributed by atoms with Crippen LogP contribution in [0.25, 0.3) is 0 Å². The highest BCUT2D eigenvalue weighted by Crippen LogP contribution is 2.34. The molecule has 1 aliphatic carbocycles. The van der Waals surface area contributed by atoms with Gasteiger partial charge in [0.25, 0.3) is 0 Å². The first-order valence-electron chi connectivity index (χ1n) is 6.64. The maximum Gasteiger partial charge on any atom is -0.00519 e. The first kappa shape index (κ1) is 11.7. The first-order valence-corrected chi connectivity index (χ1v) is 6.64. The topological polar surface area (TPSA) is 12.0 Å². The van der Waals surface area contributed by atoms with Gasteiger partial charge in [-0.1, -0.05) is 30.7 Å². The van der Waals surface area contributed by atoms with Gasteiger partial charge in [0.15, 0.2) is 0 Å². The van der Waals surface area contributed by atoms with Gasteiger partial charge in [-0.3, -0.25) is 0 Å². The van der Waals surface area contributed by atoms with Crippen molar-refractivity contribution in [2.75, 3.05) is 13.6 Å². The molecule has 1 aromatic carbocycles. The van der Waals surface area contributed by atoms with Gasteiger partial charge in [0.1, 0.15) is 0 Å². The lowest BCUT2D eigenvalue weighted by atomic mass is 9.80. The van der Waals surface area contributed by atoms with E-state index in [-0.39, 0.29) is 0 Å². The summed E-state index contributed by atoms with van der Waals surface area (Å²) in [7, 11) is 2.04. The molecule has 88 valence electrons. The van der Waals surface area contributed by atoms with Gasteiger partial charge in [-0.15, -0.1) is 0 Å². The summed E-state index contributed by atoms with van der Waals surface area (Å²) in [6.07, 6.45) is 8.13. The second-order valence-corrected chi connectivity index (χ2v) is 4.89. The molecule has 2 rings (SSSR count). The third kappa shape index (κ3) is 2.85. The van der Waals surface area contributed by atoms with E-state index in [0.717, 1.165) is 12.5 Å². The van der Waals surface area contributed by atoms with Crippen LogP contribution in [0.15, 0.2) is 24.3 Å². The molecule has 0 amide bonds. The van der Waals surface area contributed by atoms with Crippen molar-refractivity contribution in [1.29, 1.82) is 0 Å². The summed E-state index contributed by atoms with van der Waals surface area (Å²) < 4.78 is 0. The molecule has 0 aliphatic heterocycles. The molecule has 1 atom stereocenters. The Morgan fingerprint density at radius 2 is 2.12 bits per heavy atom. The smallest absolute Gasteiger partial charge is 0.00519 e. The maximum absolute atomic E-state index is 3.22. The van der Waals surface area contributed by atoms with Gasteiger partial charge >= 0.3 is 0 Å². The first-order chi connectivity index (χ1) is 7.92. The molecule has 16 heavy (non-hydrogen) atoms. The van der Waals surface area contributed by atoms with Crippen LogP contribution in [-0.4, -0.2) is 13.6 Å². The van der Waals surface area contributed by atoms with Gasteiger partial charge < -0.3 is 5.32 Å². The zero-order valence-corrected chi connectivity index (χ0v) is 10.3. The van der Waals surface area contributed by atoms with Crippen molar-refractivity contribution < 1.29 is 0 Å². The summed E-state index contributed by atoms with van der Waals surface area (Å²) in [5.74, 6) is 0.835. The van der Waals surface area contributed by atoms with Crippen molar-refractivity contribution >= 4 is 0 Å². The van der Waals surface area contributed by atoms with E-state index in [2.05, 4.69) is 29.6 Å². The lowest BCUT2D eigenvalue weighted by Gasteiger charge is -2.25. The fourth-order valence-corrected chi connectivity index (χ4v) is 2.85. The standard InChI is InChI=1S/C15H23N/c1-16-12-5-4-8-14-10-6-9-13-7-2-3-11-15(13)14/h2-3,7,11,14,16H,4-6,8-10,12H2,1H3. The molecule has 0 fully saturated rings. The van der Waals surface area contributed by atoms with Crippen LogP contribution in [-0.2, 0) is 6.42 Å². The summed E-state index contributed by atoms with van der Waals surface area (Å²) in [4.78, 5) is 0. The van der Waals surface area contributed by atoms with Crippen molar-refractivity contribution in [3.63, 3.8) is 0 Å². The highest BCUT2D eigenvalue weighted by molar-refractivity contribution is 5.32. The lowest BCUT2D eigenvalue weighted by Crippen LogP contribution is -2.11. The van der Waals surface area contributed by atoms with Crippen LogP contribution in [0.1, 0.15) is 49.1 Å². The Kier molecular flexibility index (Phi) is 4.41. The molecular weight excluding hydrogens is 194 g/mol. The number of unbranched alkanes of at least 4 members (excludes halogenated alkanes) is 1. The number of benzene rings is 1. The zero-order chi connectivity index (χ0) is 11.2. The van der Waals surface area contributed by atoms with Gasteiger partial charge in [-0.05, 0) is 62.7 Å². The molecule has 0 aromatic heterocycles. The molecule has 1 heteroatoms. The van der Waals surface area contributed by atoms with Crippen LogP contribution in [0.3, 0.4) is 0 Å². The van der Waals surface area contributed by atoms with Crippen LogP contribution in [0, 0.1) is 0 Å². The Balaban J connectivity index is 1.91. The number of rotatable bonds is 5. The third-order valence-electron chi connectivity index (χ3n) is 3.72. The van der Waals surface area contributed by atoms with Crippen molar-refractivity contribution in [3.05, 3.63) is 35.4 Å². The highest BCUT2D eigenvalue weighted by atomic mass is 14.8. The minimum atomic E-state index is 0.835. The predicted octanol–water partition coefficient (Wildman–Crippen LogP) is 3.50. The molecule has 1 N–H and O–H groups in total. The summed E-state index contributed by atoms with van der Waals surface area (Å²) >= 11 is 0. The van der Waals surface area contributed by atoms with Gasteiger partial charge in [-0.2, -0.15) is 0 Å². The lowest BCUT2D eigenvalue weighted by molar-refractivity contribution is 0.492. The largest absolute Gasteiger partial charge is 0.320 e. The molecule has 1 aliphatic rings. The summed E-state index contributed by atoms with van der Waals surface area (Å²) in [6, 6.07) is 9.04. The second-order valence-electron chi connectivity index (χ2n) is 4.89. The zero-order valence-electron chi connectivity index (χ0n) is 10.3. The molecular formula is C15H23N. The number of nitrogens with one attached hydrogen (secondary N) is 1. The van der Waals surface area contributed by atoms with Crippen molar-refractivity contribution in [2.24, 2.45) is 0 Å². The van der Waals surface area contributed by atoms with E-state index in [9.17, 15) is 0 Å². The molecule has 0 heterocycles. The number of hydrogen-bond donors (Lipinski definition) is 1. The molecule has 1 unspecified atom stereocenters. The monoisotopic (exact) mass is 217 g/mol. The van der Waals surface area contributed by atoms with Gasteiger partial charge in [0.05, 0.1) is 0 Å². The van der Waals surface area contributed by atoms with E-state index in [1.165, 1.54) is 38.5 Å². The molecule has 0 spiro atoms. The number of fused-ring (bicyclic) bond motifs is 1. The summed E-state index contributed by atoms with van der Waals surface area (Å²) in [5, 5.41) is 3.22. The van der Waals surface area contributed by atoms with E-state index in [4.69, 9.17) is 0 Å².